The summed E-state index contributed by atoms with van der Waals surface area (Å²) in [5.74, 6) is -0.0661. The summed E-state index contributed by atoms with van der Waals surface area (Å²) in [4.78, 5) is 15.4. The van der Waals surface area contributed by atoms with Gasteiger partial charge in [-0.15, -0.1) is 0 Å². The highest BCUT2D eigenvalue weighted by atomic mass is 79.9. The first-order valence-electron chi connectivity index (χ1n) is 7.11. The van der Waals surface area contributed by atoms with Crippen LogP contribution in [0.5, 0.6) is 5.88 Å². The van der Waals surface area contributed by atoms with Crippen LogP contribution in [-0.4, -0.2) is 29.3 Å². The maximum atomic E-state index is 13.0. The van der Waals surface area contributed by atoms with Gasteiger partial charge in [0.25, 0.3) is 0 Å². The number of ether oxygens (including phenoxy) is 2. The van der Waals surface area contributed by atoms with Gasteiger partial charge in [-0.05, 0) is 56.5 Å². The van der Waals surface area contributed by atoms with Crippen LogP contribution in [0.15, 0.2) is 16.7 Å². The van der Waals surface area contributed by atoms with Crippen LogP contribution in [0.1, 0.15) is 40.5 Å². The topological polar surface area (TPSA) is 60.5 Å². The molecule has 0 aliphatic heterocycles. The molecule has 0 saturated carbocycles. The lowest BCUT2D eigenvalue weighted by atomic mass is 10.2. The molecule has 0 bridgehead atoms. The van der Waals surface area contributed by atoms with Gasteiger partial charge in [-0.1, -0.05) is 0 Å². The fourth-order valence-electron chi connectivity index (χ4n) is 1.62. The molecule has 1 heterocycles. The average Bonchev–Trinajstić information content (AvgIpc) is 2.36. The van der Waals surface area contributed by atoms with Gasteiger partial charge < -0.3 is 14.8 Å². The maximum Gasteiger partial charge on any atom is 0.407 e. The molecule has 0 unspecified atom stereocenters. The third-order valence-electron chi connectivity index (χ3n) is 2.58. The van der Waals surface area contributed by atoms with Crippen molar-refractivity contribution in [2.75, 3.05) is 6.61 Å². The molecular formula is C15H22BrFN2O3. The minimum Gasteiger partial charge on any atom is -0.478 e. The summed E-state index contributed by atoms with van der Waals surface area (Å²) in [6, 6.07) is 1.46. The van der Waals surface area contributed by atoms with E-state index in [1.54, 1.807) is 0 Å². The SMILES string of the molecule is C[C@@H](CCCOc1cc(Br)c(F)cn1)NC(=O)OC(C)(C)C. The van der Waals surface area contributed by atoms with Crippen LogP contribution in [0.25, 0.3) is 0 Å². The number of hydrogen-bond acceptors (Lipinski definition) is 4. The first kappa shape index (κ1) is 18.7. The van der Waals surface area contributed by atoms with Gasteiger partial charge in [-0.25, -0.2) is 14.2 Å². The van der Waals surface area contributed by atoms with Crippen molar-refractivity contribution in [3.63, 3.8) is 0 Å². The van der Waals surface area contributed by atoms with E-state index in [0.717, 1.165) is 19.0 Å². The minimum absolute atomic E-state index is 0.0219. The zero-order valence-electron chi connectivity index (χ0n) is 13.3. The summed E-state index contributed by atoms with van der Waals surface area (Å²) in [5, 5.41) is 2.76. The van der Waals surface area contributed by atoms with E-state index in [1.807, 2.05) is 27.7 Å². The Morgan fingerprint density at radius 1 is 1.50 bits per heavy atom. The van der Waals surface area contributed by atoms with Crippen LogP contribution in [0, 0.1) is 5.82 Å². The van der Waals surface area contributed by atoms with E-state index >= 15 is 0 Å². The summed E-state index contributed by atoms with van der Waals surface area (Å²) in [7, 11) is 0. The Morgan fingerprint density at radius 2 is 2.18 bits per heavy atom. The minimum atomic E-state index is -0.505. The average molecular weight is 377 g/mol. The second-order valence-electron chi connectivity index (χ2n) is 5.97. The van der Waals surface area contributed by atoms with Crippen molar-refractivity contribution in [2.24, 2.45) is 0 Å². The molecule has 1 N–H and O–H groups in total. The summed E-state index contributed by atoms with van der Waals surface area (Å²) >= 11 is 3.07. The Kier molecular flexibility index (Phi) is 7.06. The van der Waals surface area contributed by atoms with Gasteiger partial charge in [-0.3, -0.25) is 0 Å². The number of carbonyl (C=O) groups is 1. The molecule has 1 aromatic heterocycles. The number of halogens is 2. The number of pyridine rings is 1. The molecule has 1 atom stereocenters. The lowest BCUT2D eigenvalue weighted by Crippen LogP contribution is -2.37. The van der Waals surface area contributed by atoms with Crippen LogP contribution >= 0.6 is 15.9 Å². The van der Waals surface area contributed by atoms with E-state index in [2.05, 4.69) is 26.2 Å². The fourth-order valence-corrected chi connectivity index (χ4v) is 1.92. The van der Waals surface area contributed by atoms with Gasteiger partial charge in [0.05, 0.1) is 17.3 Å². The summed E-state index contributed by atoms with van der Waals surface area (Å²) in [6.45, 7) is 7.79. The van der Waals surface area contributed by atoms with E-state index < -0.39 is 17.5 Å². The van der Waals surface area contributed by atoms with Crippen molar-refractivity contribution in [3.05, 3.63) is 22.6 Å². The van der Waals surface area contributed by atoms with Crippen molar-refractivity contribution < 1.29 is 18.7 Å². The predicted molar refractivity (Wildman–Crippen MR) is 85.5 cm³/mol. The van der Waals surface area contributed by atoms with Gasteiger partial charge in [-0.2, -0.15) is 0 Å². The molecule has 0 spiro atoms. The molecule has 0 aliphatic carbocycles. The van der Waals surface area contributed by atoms with E-state index in [-0.39, 0.29) is 6.04 Å². The number of alkyl carbamates (subject to hydrolysis) is 1. The summed E-state index contributed by atoms with van der Waals surface area (Å²) < 4.78 is 23.9. The van der Waals surface area contributed by atoms with Crippen molar-refractivity contribution in [1.29, 1.82) is 0 Å². The van der Waals surface area contributed by atoms with E-state index in [4.69, 9.17) is 9.47 Å². The molecule has 0 saturated heterocycles. The normalized spacial score (nSPS) is 12.6. The summed E-state index contributed by atoms with van der Waals surface area (Å²) in [6.07, 6.45) is 2.14. The smallest absolute Gasteiger partial charge is 0.407 e. The second-order valence-corrected chi connectivity index (χ2v) is 6.83. The third kappa shape index (κ3) is 7.59. The van der Waals surface area contributed by atoms with Crippen LogP contribution < -0.4 is 10.1 Å². The molecular weight excluding hydrogens is 355 g/mol. The third-order valence-corrected chi connectivity index (χ3v) is 3.19. The largest absolute Gasteiger partial charge is 0.478 e. The van der Waals surface area contributed by atoms with Gasteiger partial charge in [0.15, 0.2) is 5.82 Å². The molecule has 1 rings (SSSR count). The van der Waals surface area contributed by atoms with E-state index in [0.29, 0.717) is 17.0 Å². The number of amides is 1. The predicted octanol–water partition coefficient (Wildman–Crippen LogP) is 4.06. The molecule has 0 aromatic carbocycles. The van der Waals surface area contributed by atoms with Gasteiger partial charge >= 0.3 is 6.09 Å². The molecule has 5 nitrogen and oxygen atoms in total. The molecule has 7 heteroatoms. The zero-order chi connectivity index (χ0) is 16.8. The number of rotatable bonds is 6. The highest BCUT2D eigenvalue weighted by molar-refractivity contribution is 9.10. The van der Waals surface area contributed by atoms with Crippen molar-refractivity contribution in [3.8, 4) is 5.88 Å². The Bertz CT molecular complexity index is 506. The number of aromatic nitrogens is 1. The molecule has 0 aliphatic rings. The van der Waals surface area contributed by atoms with Crippen LogP contribution in [0.4, 0.5) is 9.18 Å². The number of carbonyl (C=O) groups excluding carboxylic acids is 1. The fraction of sp³-hybridized carbons (Fsp3) is 0.600. The number of nitrogens with one attached hydrogen (secondary N) is 1. The van der Waals surface area contributed by atoms with Gasteiger partial charge in [0.1, 0.15) is 5.60 Å². The first-order chi connectivity index (χ1) is 10.2. The van der Waals surface area contributed by atoms with Gasteiger partial charge in [0.2, 0.25) is 5.88 Å². The quantitative estimate of drug-likeness (QED) is 0.760. The lowest BCUT2D eigenvalue weighted by molar-refractivity contribution is 0.0504. The lowest BCUT2D eigenvalue weighted by Gasteiger charge is -2.21. The Balaban J connectivity index is 2.23. The zero-order valence-corrected chi connectivity index (χ0v) is 14.9. The van der Waals surface area contributed by atoms with Crippen LogP contribution in [0.2, 0.25) is 0 Å². The molecule has 22 heavy (non-hydrogen) atoms. The second kappa shape index (κ2) is 8.31. The van der Waals surface area contributed by atoms with Crippen molar-refractivity contribution >= 4 is 22.0 Å². The first-order valence-corrected chi connectivity index (χ1v) is 7.90. The molecule has 0 radical (unpaired) electrons. The molecule has 1 aromatic rings. The maximum absolute atomic E-state index is 13.0. The standard InChI is InChI=1S/C15H22BrFN2O3/c1-10(19-14(20)22-15(2,3)4)6-5-7-21-13-8-11(16)12(17)9-18-13/h8-10H,5-7H2,1-4H3,(H,19,20)/t10-/m0/s1. The Hall–Kier alpha value is -1.37. The summed E-state index contributed by atoms with van der Waals surface area (Å²) in [5.41, 5.74) is -0.505. The Labute approximate surface area is 138 Å². The molecule has 124 valence electrons. The van der Waals surface area contributed by atoms with E-state index in [1.165, 1.54) is 6.07 Å². The van der Waals surface area contributed by atoms with Crippen molar-refractivity contribution in [2.45, 2.75) is 52.2 Å². The van der Waals surface area contributed by atoms with Crippen molar-refractivity contribution in [1.82, 2.24) is 10.3 Å². The Morgan fingerprint density at radius 3 is 2.77 bits per heavy atom. The molecule has 0 fully saturated rings. The molecule has 1 amide bonds. The van der Waals surface area contributed by atoms with Crippen LogP contribution in [-0.2, 0) is 4.74 Å². The monoisotopic (exact) mass is 376 g/mol. The van der Waals surface area contributed by atoms with E-state index in [9.17, 15) is 9.18 Å². The number of nitrogens with zero attached hydrogens (tertiary/aromatic N) is 1. The highest BCUT2D eigenvalue weighted by Gasteiger charge is 2.17. The van der Waals surface area contributed by atoms with Crippen LogP contribution in [0.3, 0.4) is 0 Å². The highest BCUT2D eigenvalue weighted by Crippen LogP contribution is 2.19. The van der Waals surface area contributed by atoms with Gasteiger partial charge in [0, 0.05) is 12.1 Å². The number of hydrogen-bond donors (Lipinski definition) is 1.